The summed E-state index contributed by atoms with van der Waals surface area (Å²) in [6, 6.07) is 14.1. The van der Waals surface area contributed by atoms with Crippen LogP contribution in [0.3, 0.4) is 0 Å². The van der Waals surface area contributed by atoms with E-state index in [1.54, 1.807) is 42.5 Å². The van der Waals surface area contributed by atoms with E-state index in [1.807, 2.05) is 11.0 Å². The van der Waals surface area contributed by atoms with Gasteiger partial charge in [0, 0.05) is 60.6 Å². The maximum atomic E-state index is 13.1. The predicted molar refractivity (Wildman–Crippen MR) is 155 cm³/mol. The number of piperazine rings is 1. The zero-order valence-corrected chi connectivity index (χ0v) is 23.5. The van der Waals surface area contributed by atoms with Crippen molar-refractivity contribution in [3.05, 3.63) is 75.4 Å². The summed E-state index contributed by atoms with van der Waals surface area (Å²) in [4.78, 5) is 32.2. The molecule has 1 atom stereocenters. The Morgan fingerprint density at radius 1 is 1.00 bits per heavy atom. The van der Waals surface area contributed by atoms with Crippen LogP contribution in [0.4, 0.5) is 17.2 Å². The standard InChI is InChI=1S/C28H31Cl2N7O2/c1-3-24(21-16-19(29)6-9-22(21)30)37-11-10-31-26-25(37)17-23(33-34-26)27(38)32-20-7-4-18(5-8-20)28(39)36-14-12-35(2)13-15-36/h4-9,16-17,24H,3,10-15H2,1-2H3,(H,31,34)(H,32,38)/t24-/m1/s1. The van der Waals surface area contributed by atoms with Crippen LogP contribution in [-0.4, -0.2) is 78.1 Å². The molecule has 2 aliphatic rings. The van der Waals surface area contributed by atoms with Crippen LogP contribution in [0.15, 0.2) is 48.5 Å². The fourth-order valence-corrected chi connectivity index (χ4v) is 5.46. The first-order valence-corrected chi connectivity index (χ1v) is 13.8. The van der Waals surface area contributed by atoms with E-state index in [0.29, 0.717) is 53.3 Å². The van der Waals surface area contributed by atoms with E-state index in [2.05, 4.69) is 44.6 Å². The number of halogens is 2. The number of anilines is 3. The number of benzene rings is 2. The molecule has 2 aliphatic heterocycles. The monoisotopic (exact) mass is 567 g/mol. The van der Waals surface area contributed by atoms with Crippen LogP contribution in [0.5, 0.6) is 0 Å². The van der Waals surface area contributed by atoms with Crippen molar-refractivity contribution in [1.82, 2.24) is 20.0 Å². The highest BCUT2D eigenvalue weighted by Gasteiger charge is 2.28. The van der Waals surface area contributed by atoms with Gasteiger partial charge in [-0.1, -0.05) is 30.1 Å². The molecule has 3 aromatic rings. The topological polar surface area (TPSA) is 93.7 Å². The largest absolute Gasteiger partial charge is 0.365 e. The maximum absolute atomic E-state index is 13.1. The second-order valence-corrected chi connectivity index (χ2v) is 10.6. The molecule has 1 aromatic heterocycles. The smallest absolute Gasteiger partial charge is 0.276 e. The summed E-state index contributed by atoms with van der Waals surface area (Å²) in [6.45, 7) is 6.60. The van der Waals surface area contributed by atoms with Gasteiger partial charge in [0.05, 0.1) is 11.7 Å². The van der Waals surface area contributed by atoms with Crippen LogP contribution in [0, 0.1) is 0 Å². The summed E-state index contributed by atoms with van der Waals surface area (Å²) in [6.07, 6.45) is 0.780. The third kappa shape index (κ3) is 5.95. The number of rotatable bonds is 6. The van der Waals surface area contributed by atoms with Gasteiger partial charge >= 0.3 is 0 Å². The van der Waals surface area contributed by atoms with Crippen molar-refractivity contribution in [3.63, 3.8) is 0 Å². The van der Waals surface area contributed by atoms with Crippen molar-refractivity contribution >= 4 is 52.2 Å². The summed E-state index contributed by atoms with van der Waals surface area (Å²) in [5, 5.41) is 15.9. The SMILES string of the molecule is CC[C@H](c1cc(Cl)ccc1Cl)N1CCNc2nnc(C(=O)Nc3ccc(C(=O)N4CCN(C)CC4)cc3)cc21. The van der Waals surface area contributed by atoms with Gasteiger partial charge in [0.25, 0.3) is 11.8 Å². The lowest BCUT2D eigenvalue weighted by atomic mass is 10.0. The Labute approximate surface area is 238 Å². The Balaban J connectivity index is 1.32. The molecule has 39 heavy (non-hydrogen) atoms. The Kier molecular flexibility index (Phi) is 8.20. The minimum absolute atomic E-state index is 0.000549. The van der Waals surface area contributed by atoms with Crippen LogP contribution in [-0.2, 0) is 0 Å². The molecule has 5 rings (SSSR count). The molecule has 0 saturated carbocycles. The van der Waals surface area contributed by atoms with Crippen LogP contribution in [0.25, 0.3) is 0 Å². The van der Waals surface area contributed by atoms with Crippen LogP contribution in [0.1, 0.15) is 45.8 Å². The van der Waals surface area contributed by atoms with Gasteiger partial charge in [-0.3, -0.25) is 9.59 Å². The van der Waals surface area contributed by atoms with Gasteiger partial charge in [-0.25, -0.2) is 0 Å². The minimum Gasteiger partial charge on any atom is -0.365 e. The summed E-state index contributed by atoms with van der Waals surface area (Å²) >= 11 is 12.8. The highest BCUT2D eigenvalue weighted by atomic mass is 35.5. The van der Waals surface area contributed by atoms with Crippen molar-refractivity contribution in [1.29, 1.82) is 0 Å². The Morgan fingerprint density at radius 2 is 1.74 bits per heavy atom. The van der Waals surface area contributed by atoms with E-state index >= 15 is 0 Å². The molecule has 0 unspecified atom stereocenters. The molecule has 204 valence electrons. The number of carbonyl (C=O) groups excluding carboxylic acids is 2. The molecule has 0 aliphatic carbocycles. The fraction of sp³-hybridized carbons (Fsp3) is 0.357. The van der Waals surface area contributed by atoms with Crippen molar-refractivity contribution in [2.45, 2.75) is 19.4 Å². The number of likely N-dealkylation sites (N-methyl/N-ethyl adjacent to an activating group) is 1. The number of aromatic nitrogens is 2. The van der Waals surface area contributed by atoms with Gasteiger partial charge in [-0.05, 0) is 67.6 Å². The Morgan fingerprint density at radius 3 is 2.46 bits per heavy atom. The average Bonchev–Trinajstić information content (AvgIpc) is 2.95. The van der Waals surface area contributed by atoms with Crippen molar-refractivity contribution in [2.24, 2.45) is 0 Å². The normalized spacial score (nSPS) is 16.3. The lowest BCUT2D eigenvalue weighted by Crippen LogP contribution is -2.47. The number of nitrogens with one attached hydrogen (secondary N) is 2. The molecule has 0 radical (unpaired) electrons. The maximum Gasteiger partial charge on any atom is 0.276 e. The molecule has 2 N–H and O–H groups in total. The fourth-order valence-electron chi connectivity index (χ4n) is 5.04. The highest BCUT2D eigenvalue weighted by molar-refractivity contribution is 6.33. The van der Waals surface area contributed by atoms with Crippen molar-refractivity contribution in [2.75, 3.05) is 61.8 Å². The second kappa shape index (κ2) is 11.8. The zero-order chi connectivity index (χ0) is 27.5. The van der Waals surface area contributed by atoms with Gasteiger partial charge in [-0.2, -0.15) is 0 Å². The van der Waals surface area contributed by atoms with E-state index in [0.717, 1.165) is 30.8 Å². The van der Waals surface area contributed by atoms with Gasteiger partial charge in [0.15, 0.2) is 11.5 Å². The van der Waals surface area contributed by atoms with Gasteiger partial charge < -0.3 is 25.3 Å². The third-order valence-corrected chi connectivity index (χ3v) is 7.80. The van der Waals surface area contributed by atoms with Crippen LogP contribution < -0.4 is 15.5 Å². The molecule has 9 nitrogen and oxygen atoms in total. The second-order valence-electron chi connectivity index (χ2n) is 9.80. The van der Waals surface area contributed by atoms with E-state index < -0.39 is 0 Å². The Hall–Kier alpha value is -3.40. The zero-order valence-electron chi connectivity index (χ0n) is 22.0. The number of amides is 2. The van der Waals surface area contributed by atoms with Gasteiger partial charge in [0.2, 0.25) is 0 Å². The first kappa shape index (κ1) is 27.2. The first-order chi connectivity index (χ1) is 18.8. The minimum atomic E-state index is -0.386. The molecule has 2 aromatic carbocycles. The lowest BCUT2D eigenvalue weighted by molar-refractivity contribution is 0.0664. The average molecular weight is 569 g/mol. The first-order valence-electron chi connectivity index (χ1n) is 13.1. The van der Waals surface area contributed by atoms with Gasteiger partial charge in [-0.15, -0.1) is 10.2 Å². The number of hydrogen-bond donors (Lipinski definition) is 2. The summed E-state index contributed by atoms with van der Waals surface area (Å²) in [5.74, 6) is 0.225. The number of hydrogen-bond acceptors (Lipinski definition) is 7. The summed E-state index contributed by atoms with van der Waals surface area (Å²) in [5.41, 5.74) is 3.05. The number of nitrogens with zero attached hydrogens (tertiary/aromatic N) is 5. The van der Waals surface area contributed by atoms with E-state index in [4.69, 9.17) is 23.2 Å². The van der Waals surface area contributed by atoms with Crippen molar-refractivity contribution < 1.29 is 9.59 Å². The molecule has 2 amide bonds. The van der Waals surface area contributed by atoms with Gasteiger partial charge in [0.1, 0.15) is 0 Å². The molecule has 1 fully saturated rings. The molecule has 1 saturated heterocycles. The van der Waals surface area contributed by atoms with E-state index in [9.17, 15) is 9.59 Å². The van der Waals surface area contributed by atoms with Crippen molar-refractivity contribution in [3.8, 4) is 0 Å². The van der Waals surface area contributed by atoms with Crippen LogP contribution >= 0.6 is 23.2 Å². The summed E-state index contributed by atoms with van der Waals surface area (Å²) in [7, 11) is 2.05. The Bertz CT molecular complexity index is 1360. The molecule has 11 heteroatoms. The number of fused-ring (bicyclic) bond motifs is 1. The quantitative estimate of drug-likeness (QED) is 0.441. The molecule has 0 bridgehead atoms. The predicted octanol–water partition coefficient (Wildman–Crippen LogP) is 4.81. The summed E-state index contributed by atoms with van der Waals surface area (Å²) < 4.78 is 0. The third-order valence-electron chi connectivity index (χ3n) is 7.22. The lowest BCUT2D eigenvalue weighted by Gasteiger charge is -2.38. The molecule has 0 spiro atoms. The highest BCUT2D eigenvalue weighted by Crippen LogP contribution is 2.39. The molecular weight excluding hydrogens is 537 g/mol. The molecular formula is C28H31Cl2N7O2. The number of carbonyl (C=O) groups is 2. The van der Waals surface area contributed by atoms with E-state index in [-0.39, 0.29) is 23.6 Å². The van der Waals surface area contributed by atoms with Crippen LogP contribution in [0.2, 0.25) is 10.0 Å². The van der Waals surface area contributed by atoms with E-state index in [1.165, 1.54) is 0 Å². The molecule has 3 heterocycles.